The first kappa shape index (κ1) is 27.7. The fraction of sp³-hybridized carbons (Fsp3) is 0.633. The molecule has 4 nitrogen and oxygen atoms in total. The first-order chi connectivity index (χ1) is 17.3. The molecule has 0 aliphatic heterocycles. The summed E-state index contributed by atoms with van der Waals surface area (Å²) < 4.78 is 48.8. The highest BCUT2D eigenvalue weighted by atomic mass is 19.4. The quantitative estimate of drug-likeness (QED) is 0.371. The number of ether oxygens (including phenoxy) is 1. The van der Waals surface area contributed by atoms with Crippen LogP contribution in [0.5, 0.6) is 5.75 Å². The van der Waals surface area contributed by atoms with E-state index >= 15 is 0 Å². The van der Waals surface area contributed by atoms with E-state index in [0.717, 1.165) is 37.7 Å². The molecule has 204 valence electrons. The largest absolute Gasteiger partial charge is 0.490 e. The highest BCUT2D eigenvalue weighted by Crippen LogP contribution is 2.48. The average Bonchev–Trinajstić information content (AvgIpc) is 2.80. The topological polar surface area (TPSA) is 58.6 Å². The van der Waals surface area contributed by atoms with Gasteiger partial charge >= 0.3 is 12.1 Å². The van der Waals surface area contributed by atoms with Gasteiger partial charge in [0.25, 0.3) is 0 Å². The van der Waals surface area contributed by atoms with Crippen LogP contribution >= 0.6 is 0 Å². The van der Waals surface area contributed by atoms with Crippen molar-refractivity contribution < 1.29 is 27.8 Å². The average molecular weight is 520 g/mol. The van der Waals surface area contributed by atoms with Crippen LogP contribution in [0.25, 0.3) is 10.8 Å². The van der Waals surface area contributed by atoms with Gasteiger partial charge in [0.2, 0.25) is 0 Å². The molecule has 0 saturated heterocycles. The van der Waals surface area contributed by atoms with Gasteiger partial charge < -0.3 is 15.2 Å². The summed E-state index contributed by atoms with van der Waals surface area (Å²) in [6, 6.07) is 8.34. The van der Waals surface area contributed by atoms with Crippen LogP contribution in [0.15, 0.2) is 30.3 Å². The Morgan fingerprint density at radius 2 is 1.81 bits per heavy atom. The molecule has 2 saturated carbocycles. The van der Waals surface area contributed by atoms with Gasteiger partial charge in [-0.25, -0.2) is 0 Å². The van der Waals surface area contributed by atoms with Gasteiger partial charge in [-0.3, -0.25) is 4.79 Å². The molecule has 0 aromatic heterocycles. The van der Waals surface area contributed by atoms with Crippen molar-refractivity contribution in [2.45, 2.75) is 97.5 Å². The van der Waals surface area contributed by atoms with Crippen LogP contribution in [0.4, 0.5) is 13.2 Å². The number of alkyl halides is 3. The molecule has 0 radical (unpaired) electrons. The molecule has 2 N–H and O–H groups in total. The molecule has 37 heavy (non-hydrogen) atoms. The molecule has 7 heteroatoms. The van der Waals surface area contributed by atoms with E-state index < -0.39 is 29.0 Å². The first-order valence-corrected chi connectivity index (χ1v) is 13.6. The van der Waals surface area contributed by atoms with Crippen LogP contribution in [0.2, 0.25) is 0 Å². The number of carboxylic acid groups (broad SMARTS) is 1. The van der Waals surface area contributed by atoms with Gasteiger partial charge in [0.15, 0.2) is 0 Å². The molecule has 0 spiro atoms. The molecule has 0 heterocycles. The number of aliphatic carboxylic acids is 1. The number of fused-ring (bicyclic) bond motifs is 1. The standard InChI is InChI=1S/C30H40F3NO3/c1-17(2)14-24(34-26-16-23(28(35)36)29(26,4)5)20-8-12-22-19(15-20)9-13-25(27(22)30(31,32)33)37-21-10-6-18(3)7-11-21/h8-9,12-13,15,17-18,21,23-24,26,34H,6-7,10-11,14,16H2,1-5H3,(H,35,36). The molecule has 4 rings (SSSR count). The smallest absolute Gasteiger partial charge is 0.420 e. The predicted molar refractivity (Wildman–Crippen MR) is 140 cm³/mol. The van der Waals surface area contributed by atoms with Gasteiger partial charge in [-0.1, -0.05) is 52.8 Å². The van der Waals surface area contributed by atoms with E-state index in [9.17, 15) is 23.1 Å². The van der Waals surface area contributed by atoms with Crippen LogP contribution in [-0.2, 0) is 11.0 Å². The van der Waals surface area contributed by atoms with Crippen molar-refractivity contribution in [2.75, 3.05) is 0 Å². The Balaban J connectivity index is 1.64. The normalized spacial score (nSPS) is 26.6. The van der Waals surface area contributed by atoms with Gasteiger partial charge in [0.1, 0.15) is 11.3 Å². The number of nitrogens with one attached hydrogen (secondary N) is 1. The Morgan fingerprint density at radius 3 is 2.38 bits per heavy atom. The summed E-state index contributed by atoms with van der Waals surface area (Å²) >= 11 is 0. The number of carboxylic acids is 1. The lowest BCUT2D eigenvalue weighted by Crippen LogP contribution is -2.59. The van der Waals surface area contributed by atoms with Crippen molar-refractivity contribution in [2.24, 2.45) is 23.2 Å². The van der Waals surface area contributed by atoms with E-state index in [4.69, 9.17) is 4.74 Å². The van der Waals surface area contributed by atoms with E-state index in [2.05, 4.69) is 26.1 Å². The van der Waals surface area contributed by atoms with Crippen molar-refractivity contribution >= 4 is 16.7 Å². The molecule has 0 bridgehead atoms. The zero-order valence-electron chi connectivity index (χ0n) is 22.5. The van der Waals surface area contributed by atoms with E-state index in [1.54, 1.807) is 18.2 Å². The Labute approximate surface area is 218 Å². The number of carbonyl (C=O) groups is 1. The Morgan fingerprint density at radius 1 is 1.14 bits per heavy atom. The molecule has 0 amide bonds. The molecule has 2 aliphatic carbocycles. The third kappa shape index (κ3) is 5.92. The van der Waals surface area contributed by atoms with E-state index in [0.29, 0.717) is 23.6 Å². The number of hydrogen-bond acceptors (Lipinski definition) is 3. The summed E-state index contributed by atoms with van der Waals surface area (Å²) in [6.45, 7) is 10.3. The third-order valence-corrected chi connectivity index (χ3v) is 8.62. The Bertz CT molecular complexity index is 1120. The zero-order valence-corrected chi connectivity index (χ0v) is 22.5. The maximum Gasteiger partial charge on any atom is 0.420 e. The zero-order chi connectivity index (χ0) is 27.1. The molecule has 2 fully saturated rings. The molecular weight excluding hydrogens is 479 g/mol. The minimum Gasteiger partial charge on any atom is -0.490 e. The van der Waals surface area contributed by atoms with Crippen LogP contribution in [0.3, 0.4) is 0 Å². The lowest BCUT2D eigenvalue weighted by atomic mass is 9.58. The number of hydrogen-bond donors (Lipinski definition) is 2. The van der Waals surface area contributed by atoms with Gasteiger partial charge in [-0.05, 0) is 84.2 Å². The van der Waals surface area contributed by atoms with Gasteiger partial charge in [-0.2, -0.15) is 13.2 Å². The van der Waals surface area contributed by atoms with Crippen molar-refractivity contribution in [3.8, 4) is 5.75 Å². The van der Waals surface area contributed by atoms with Crippen LogP contribution < -0.4 is 10.1 Å². The fourth-order valence-corrected chi connectivity index (χ4v) is 6.10. The monoisotopic (exact) mass is 519 g/mol. The highest BCUT2D eigenvalue weighted by molar-refractivity contribution is 5.89. The fourth-order valence-electron chi connectivity index (χ4n) is 6.10. The van der Waals surface area contributed by atoms with Crippen LogP contribution in [-0.4, -0.2) is 23.2 Å². The molecule has 2 aliphatic rings. The third-order valence-electron chi connectivity index (χ3n) is 8.62. The van der Waals surface area contributed by atoms with Gasteiger partial charge in [0, 0.05) is 12.1 Å². The second-order valence-electron chi connectivity index (χ2n) is 12.3. The molecule has 2 aromatic carbocycles. The maximum absolute atomic E-state index is 14.3. The van der Waals surface area contributed by atoms with Crippen LogP contribution in [0, 0.1) is 23.2 Å². The molecule has 2 aromatic rings. The van der Waals surface area contributed by atoms with E-state index in [1.165, 1.54) is 6.07 Å². The van der Waals surface area contributed by atoms with E-state index in [1.807, 2.05) is 19.9 Å². The van der Waals surface area contributed by atoms with Crippen molar-refractivity contribution in [3.63, 3.8) is 0 Å². The molecule has 3 atom stereocenters. The minimum absolute atomic E-state index is 0.0211. The predicted octanol–water partition coefficient (Wildman–Crippen LogP) is 7.99. The second-order valence-corrected chi connectivity index (χ2v) is 12.3. The molecular formula is C30H40F3NO3. The Kier molecular flexibility index (Phi) is 7.85. The second kappa shape index (κ2) is 10.5. The molecule has 3 unspecified atom stereocenters. The van der Waals surface area contributed by atoms with E-state index in [-0.39, 0.29) is 29.3 Å². The summed E-state index contributed by atoms with van der Waals surface area (Å²) in [5, 5.41) is 13.8. The summed E-state index contributed by atoms with van der Waals surface area (Å²) in [5.41, 5.74) is -0.184. The SMILES string of the molecule is CC(C)CC(NC1CC(C(=O)O)C1(C)C)c1ccc2c(C(F)(F)F)c(OC3CCC(C)CC3)ccc2c1. The summed E-state index contributed by atoms with van der Waals surface area (Å²) in [6.07, 6.45) is 0.115. The van der Waals surface area contributed by atoms with Gasteiger partial charge in [-0.15, -0.1) is 0 Å². The lowest BCUT2D eigenvalue weighted by Gasteiger charge is -2.51. The summed E-state index contributed by atoms with van der Waals surface area (Å²) in [4.78, 5) is 11.6. The summed E-state index contributed by atoms with van der Waals surface area (Å²) in [7, 11) is 0. The van der Waals surface area contributed by atoms with Crippen molar-refractivity contribution in [1.82, 2.24) is 5.32 Å². The minimum atomic E-state index is -4.53. The first-order valence-electron chi connectivity index (χ1n) is 13.6. The Hall–Kier alpha value is -2.28. The lowest BCUT2D eigenvalue weighted by molar-refractivity contribution is -0.155. The van der Waals surface area contributed by atoms with Gasteiger partial charge in [0.05, 0.1) is 12.0 Å². The highest BCUT2D eigenvalue weighted by Gasteiger charge is 2.52. The summed E-state index contributed by atoms with van der Waals surface area (Å²) in [5.74, 6) is -0.326. The maximum atomic E-state index is 14.3. The van der Waals surface area contributed by atoms with Crippen molar-refractivity contribution in [1.29, 1.82) is 0 Å². The number of rotatable bonds is 8. The number of halogens is 3. The van der Waals surface area contributed by atoms with Crippen LogP contribution in [0.1, 0.15) is 90.3 Å². The van der Waals surface area contributed by atoms with Crippen molar-refractivity contribution in [3.05, 3.63) is 41.5 Å². The number of benzene rings is 2.